The molecule has 2 heterocycles. The Morgan fingerprint density at radius 1 is 0.897 bits per heavy atom. The van der Waals surface area contributed by atoms with Crippen molar-refractivity contribution in [1.82, 2.24) is 4.98 Å². The molecule has 29 heavy (non-hydrogen) atoms. The number of hydrogen-bond donors (Lipinski definition) is 2. The highest BCUT2D eigenvalue weighted by Gasteiger charge is 2.11. The van der Waals surface area contributed by atoms with Crippen LogP contribution in [0, 0.1) is 6.92 Å². The SMILES string of the molecule is Cc1ccccc1C(=O)Nc1ccc(Nc2ccc(N3CCCCC3)cc2)nc1. The van der Waals surface area contributed by atoms with E-state index >= 15 is 0 Å². The van der Waals surface area contributed by atoms with E-state index in [1.165, 1.54) is 24.9 Å². The Kier molecular flexibility index (Phi) is 5.75. The third-order valence-electron chi connectivity index (χ3n) is 5.27. The normalized spacial score (nSPS) is 13.8. The second-order valence-electron chi connectivity index (χ2n) is 7.42. The molecule has 1 aliphatic rings. The van der Waals surface area contributed by atoms with Crippen molar-refractivity contribution in [3.05, 3.63) is 78.0 Å². The monoisotopic (exact) mass is 386 g/mol. The van der Waals surface area contributed by atoms with Gasteiger partial charge >= 0.3 is 0 Å². The lowest BCUT2D eigenvalue weighted by Gasteiger charge is -2.28. The van der Waals surface area contributed by atoms with Crippen molar-refractivity contribution < 1.29 is 4.79 Å². The molecule has 1 aromatic heterocycles. The van der Waals surface area contributed by atoms with Gasteiger partial charge in [0.2, 0.25) is 0 Å². The molecular formula is C24H26N4O. The summed E-state index contributed by atoms with van der Waals surface area (Å²) < 4.78 is 0. The molecule has 0 spiro atoms. The predicted octanol–water partition coefficient (Wildman–Crippen LogP) is 5.38. The lowest BCUT2D eigenvalue weighted by atomic mass is 10.1. The zero-order chi connectivity index (χ0) is 20.1. The highest BCUT2D eigenvalue weighted by Crippen LogP contribution is 2.23. The summed E-state index contributed by atoms with van der Waals surface area (Å²) >= 11 is 0. The molecule has 4 rings (SSSR count). The third-order valence-corrected chi connectivity index (χ3v) is 5.27. The van der Waals surface area contributed by atoms with Gasteiger partial charge in [-0.2, -0.15) is 0 Å². The van der Waals surface area contributed by atoms with E-state index in [0.29, 0.717) is 11.3 Å². The van der Waals surface area contributed by atoms with Crippen LogP contribution in [0.15, 0.2) is 66.9 Å². The molecule has 1 saturated heterocycles. The van der Waals surface area contributed by atoms with Crippen molar-refractivity contribution in [2.75, 3.05) is 28.6 Å². The van der Waals surface area contributed by atoms with E-state index in [9.17, 15) is 4.79 Å². The summed E-state index contributed by atoms with van der Waals surface area (Å²) in [6.45, 7) is 4.21. The summed E-state index contributed by atoms with van der Waals surface area (Å²) in [5.41, 5.74) is 4.56. The van der Waals surface area contributed by atoms with Gasteiger partial charge in [-0.1, -0.05) is 18.2 Å². The van der Waals surface area contributed by atoms with Gasteiger partial charge < -0.3 is 15.5 Å². The number of anilines is 4. The minimum absolute atomic E-state index is 0.126. The number of amides is 1. The van der Waals surface area contributed by atoms with Crippen LogP contribution in [-0.2, 0) is 0 Å². The second kappa shape index (κ2) is 8.78. The van der Waals surface area contributed by atoms with Crippen molar-refractivity contribution in [1.29, 1.82) is 0 Å². The van der Waals surface area contributed by atoms with E-state index in [2.05, 4.69) is 44.8 Å². The second-order valence-corrected chi connectivity index (χ2v) is 7.42. The van der Waals surface area contributed by atoms with Crippen molar-refractivity contribution >= 4 is 28.8 Å². The van der Waals surface area contributed by atoms with E-state index in [-0.39, 0.29) is 5.91 Å². The van der Waals surface area contributed by atoms with E-state index in [4.69, 9.17) is 0 Å². The number of aromatic nitrogens is 1. The maximum absolute atomic E-state index is 12.4. The minimum atomic E-state index is -0.126. The molecule has 3 aromatic rings. The Morgan fingerprint density at radius 3 is 2.31 bits per heavy atom. The van der Waals surface area contributed by atoms with Gasteiger partial charge in [-0.05, 0) is 74.2 Å². The maximum atomic E-state index is 12.4. The number of nitrogens with zero attached hydrogens (tertiary/aromatic N) is 2. The first-order chi connectivity index (χ1) is 14.2. The molecule has 1 aliphatic heterocycles. The number of nitrogens with one attached hydrogen (secondary N) is 2. The van der Waals surface area contributed by atoms with Crippen molar-refractivity contribution in [3.63, 3.8) is 0 Å². The fraction of sp³-hybridized carbons (Fsp3) is 0.250. The number of aryl methyl sites for hydroxylation is 1. The first-order valence-electron chi connectivity index (χ1n) is 10.1. The molecule has 1 amide bonds. The van der Waals surface area contributed by atoms with Crippen LogP contribution >= 0.6 is 0 Å². The van der Waals surface area contributed by atoms with Gasteiger partial charge in [-0.3, -0.25) is 4.79 Å². The Morgan fingerprint density at radius 2 is 1.62 bits per heavy atom. The van der Waals surface area contributed by atoms with Crippen LogP contribution in [0.3, 0.4) is 0 Å². The van der Waals surface area contributed by atoms with Gasteiger partial charge in [0.05, 0.1) is 11.9 Å². The van der Waals surface area contributed by atoms with Gasteiger partial charge in [0, 0.05) is 30.0 Å². The largest absolute Gasteiger partial charge is 0.372 e. The molecule has 0 radical (unpaired) electrons. The highest BCUT2D eigenvalue weighted by atomic mass is 16.1. The van der Waals surface area contributed by atoms with E-state index in [1.807, 2.05) is 43.3 Å². The van der Waals surface area contributed by atoms with Gasteiger partial charge in [0.25, 0.3) is 5.91 Å². The van der Waals surface area contributed by atoms with Crippen LogP contribution in [0.25, 0.3) is 0 Å². The zero-order valence-electron chi connectivity index (χ0n) is 16.7. The van der Waals surface area contributed by atoms with E-state index in [0.717, 1.165) is 30.2 Å². The number of rotatable bonds is 5. The van der Waals surface area contributed by atoms with Crippen LogP contribution in [0.1, 0.15) is 35.2 Å². The Balaban J connectivity index is 1.37. The van der Waals surface area contributed by atoms with Gasteiger partial charge in [0.1, 0.15) is 5.82 Å². The van der Waals surface area contributed by atoms with E-state index < -0.39 is 0 Å². The van der Waals surface area contributed by atoms with Crippen LogP contribution in [0.5, 0.6) is 0 Å². The summed E-state index contributed by atoms with van der Waals surface area (Å²) in [6, 6.07) is 19.7. The van der Waals surface area contributed by atoms with Crippen LogP contribution in [-0.4, -0.2) is 24.0 Å². The molecule has 2 aromatic carbocycles. The lowest BCUT2D eigenvalue weighted by Crippen LogP contribution is -2.29. The molecule has 0 saturated carbocycles. The third kappa shape index (κ3) is 4.74. The molecule has 2 N–H and O–H groups in total. The number of hydrogen-bond acceptors (Lipinski definition) is 4. The molecule has 5 heteroatoms. The Hall–Kier alpha value is -3.34. The Labute approximate surface area is 171 Å². The van der Waals surface area contributed by atoms with Gasteiger partial charge in [0.15, 0.2) is 0 Å². The average molecular weight is 386 g/mol. The first-order valence-corrected chi connectivity index (χ1v) is 10.1. The smallest absolute Gasteiger partial charge is 0.255 e. The van der Waals surface area contributed by atoms with Crippen molar-refractivity contribution in [3.8, 4) is 0 Å². The molecule has 1 fully saturated rings. The summed E-state index contributed by atoms with van der Waals surface area (Å²) in [4.78, 5) is 19.3. The lowest BCUT2D eigenvalue weighted by molar-refractivity contribution is 0.102. The van der Waals surface area contributed by atoms with Crippen molar-refractivity contribution in [2.45, 2.75) is 26.2 Å². The summed E-state index contributed by atoms with van der Waals surface area (Å²) in [7, 11) is 0. The molecule has 0 atom stereocenters. The number of piperidine rings is 1. The summed E-state index contributed by atoms with van der Waals surface area (Å²) in [5.74, 6) is 0.614. The number of benzene rings is 2. The molecule has 148 valence electrons. The van der Waals surface area contributed by atoms with Gasteiger partial charge in [-0.15, -0.1) is 0 Å². The molecule has 0 aliphatic carbocycles. The minimum Gasteiger partial charge on any atom is -0.372 e. The van der Waals surface area contributed by atoms with Crippen LogP contribution in [0.4, 0.5) is 22.9 Å². The number of carbonyl (C=O) groups is 1. The van der Waals surface area contributed by atoms with E-state index in [1.54, 1.807) is 6.20 Å². The first kappa shape index (κ1) is 19.0. The van der Waals surface area contributed by atoms with Gasteiger partial charge in [-0.25, -0.2) is 4.98 Å². The van der Waals surface area contributed by atoms with Crippen LogP contribution in [0.2, 0.25) is 0 Å². The maximum Gasteiger partial charge on any atom is 0.255 e. The molecule has 5 nitrogen and oxygen atoms in total. The Bertz CT molecular complexity index is 961. The number of pyridine rings is 1. The fourth-order valence-electron chi connectivity index (χ4n) is 3.62. The van der Waals surface area contributed by atoms with Crippen LogP contribution < -0.4 is 15.5 Å². The zero-order valence-corrected chi connectivity index (χ0v) is 16.7. The highest BCUT2D eigenvalue weighted by molar-refractivity contribution is 6.05. The van der Waals surface area contributed by atoms with Crippen molar-refractivity contribution in [2.24, 2.45) is 0 Å². The molecule has 0 bridgehead atoms. The standard InChI is InChI=1S/C24H26N4O/c1-18-7-3-4-8-22(18)24(29)27-20-11-14-23(25-17-20)26-19-9-12-21(13-10-19)28-15-5-2-6-16-28/h3-4,7-14,17H,2,5-6,15-16H2,1H3,(H,25,26)(H,27,29). The summed E-state index contributed by atoms with van der Waals surface area (Å²) in [5, 5.41) is 6.21. The number of carbonyl (C=O) groups excluding carboxylic acids is 1. The average Bonchev–Trinajstić information content (AvgIpc) is 2.76. The predicted molar refractivity (Wildman–Crippen MR) is 119 cm³/mol. The fourth-order valence-corrected chi connectivity index (χ4v) is 3.62. The quantitative estimate of drug-likeness (QED) is 0.618. The summed E-state index contributed by atoms with van der Waals surface area (Å²) in [6.07, 6.45) is 5.55. The topological polar surface area (TPSA) is 57.3 Å². The molecule has 0 unspecified atom stereocenters. The molecular weight excluding hydrogens is 360 g/mol.